The summed E-state index contributed by atoms with van der Waals surface area (Å²) in [6.07, 6.45) is 3.35. The average Bonchev–Trinajstić information content (AvgIpc) is 2.67. The number of ketones is 3. The molecule has 17 heavy (non-hydrogen) atoms. The molecule has 0 aromatic heterocycles. The van der Waals surface area contributed by atoms with Gasteiger partial charge in [0.25, 0.3) is 0 Å². The second-order valence-corrected chi connectivity index (χ2v) is 4.01. The summed E-state index contributed by atoms with van der Waals surface area (Å²) in [4.78, 5) is 34.4. The lowest BCUT2D eigenvalue weighted by Crippen LogP contribution is -2.23. The van der Waals surface area contributed by atoms with Crippen LogP contribution in [-0.4, -0.2) is 17.3 Å². The van der Waals surface area contributed by atoms with Crippen LogP contribution < -0.4 is 0 Å². The molecular formula is C14H12O3. The Hall–Kier alpha value is -2.03. The maximum atomic E-state index is 11.7. The number of hydrogen-bond acceptors (Lipinski definition) is 3. The Morgan fingerprint density at radius 1 is 1.06 bits per heavy atom. The Morgan fingerprint density at radius 2 is 1.65 bits per heavy atom. The summed E-state index contributed by atoms with van der Waals surface area (Å²) >= 11 is 0. The van der Waals surface area contributed by atoms with Gasteiger partial charge in [-0.25, -0.2) is 0 Å². The van der Waals surface area contributed by atoms with Crippen LogP contribution in [0.4, 0.5) is 0 Å². The Labute approximate surface area is 99.1 Å². The van der Waals surface area contributed by atoms with Crippen molar-refractivity contribution in [3.63, 3.8) is 0 Å². The molecule has 3 heteroatoms. The van der Waals surface area contributed by atoms with Crippen LogP contribution in [0.1, 0.15) is 18.4 Å². The monoisotopic (exact) mass is 228 g/mol. The number of rotatable bonds is 3. The molecule has 0 amide bonds. The van der Waals surface area contributed by atoms with Crippen LogP contribution in [0.3, 0.4) is 0 Å². The van der Waals surface area contributed by atoms with E-state index in [-0.39, 0.29) is 24.4 Å². The third-order valence-electron chi connectivity index (χ3n) is 2.79. The van der Waals surface area contributed by atoms with Gasteiger partial charge in [0.05, 0.1) is 0 Å². The normalized spacial score (nSPS) is 16.9. The minimum absolute atomic E-state index is 0.203. The standard InChI is InChI=1S/C14H12O3/c15-11(14-12(16)8-9-13(14)17)7-6-10-4-2-1-3-5-10/h1-7,14H,8-9H2/b7-6+. The molecule has 2 rings (SSSR count). The van der Waals surface area contributed by atoms with Crippen LogP contribution in [0.15, 0.2) is 36.4 Å². The smallest absolute Gasteiger partial charge is 0.173 e. The van der Waals surface area contributed by atoms with Crippen LogP contribution in [0.25, 0.3) is 6.08 Å². The quantitative estimate of drug-likeness (QED) is 0.585. The Balaban J connectivity index is 2.09. The van der Waals surface area contributed by atoms with E-state index in [0.29, 0.717) is 0 Å². The first kappa shape index (κ1) is 11.5. The first-order chi connectivity index (χ1) is 8.18. The lowest BCUT2D eigenvalue weighted by Gasteiger charge is -2.00. The SMILES string of the molecule is O=C(/C=C/c1ccccc1)C1C(=O)CCC1=O. The van der Waals surface area contributed by atoms with E-state index < -0.39 is 11.7 Å². The molecule has 1 aliphatic carbocycles. The van der Waals surface area contributed by atoms with E-state index in [1.165, 1.54) is 6.08 Å². The van der Waals surface area contributed by atoms with Gasteiger partial charge in [-0.2, -0.15) is 0 Å². The van der Waals surface area contributed by atoms with Crippen molar-refractivity contribution >= 4 is 23.4 Å². The van der Waals surface area contributed by atoms with Crippen LogP contribution >= 0.6 is 0 Å². The third-order valence-corrected chi connectivity index (χ3v) is 2.79. The highest BCUT2D eigenvalue weighted by molar-refractivity contribution is 6.26. The molecule has 0 atom stereocenters. The first-order valence-corrected chi connectivity index (χ1v) is 5.51. The Bertz CT molecular complexity index is 469. The number of hydrogen-bond donors (Lipinski definition) is 0. The molecular weight excluding hydrogens is 216 g/mol. The van der Waals surface area contributed by atoms with Gasteiger partial charge in [-0.05, 0) is 11.6 Å². The number of carbonyl (C=O) groups excluding carboxylic acids is 3. The van der Waals surface area contributed by atoms with Crippen molar-refractivity contribution in [1.29, 1.82) is 0 Å². The van der Waals surface area contributed by atoms with Gasteiger partial charge in [0.2, 0.25) is 0 Å². The predicted octanol–water partition coefficient (Wildman–Crippen LogP) is 1.82. The van der Waals surface area contributed by atoms with Crippen molar-refractivity contribution < 1.29 is 14.4 Å². The molecule has 1 aliphatic rings. The molecule has 3 nitrogen and oxygen atoms in total. The topological polar surface area (TPSA) is 51.2 Å². The molecule has 1 saturated carbocycles. The van der Waals surface area contributed by atoms with Crippen LogP contribution in [0.5, 0.6) is 0 Å². The molecule has 0 bridgehead atoms. The highest BCUT2D eigenvalue weighted by Gasteiger charge is 2.37. The fraction of sp³-hybridized carbons (Fsp3) is 0.214. The summed E-state index contributed by atoms with van der Waals surface area (Å²) in [5.41, 5.74) is 0.874. The molecule has 0 unspecified atom stereocenters. The van der Waals surface area contributed by atoms with Gasteiger partial charge in [-0.1, -0.05) is 36.4 Å². The van der Waals surface area contributed by atoms with E-state index in [2.05, 4.69) is 0 Å². The van der Waals surface area contributed by atoms with Gasteiger partial charge in [0.15, 0.2) is 17.3 Å². The molecule has 1 fully saturated rings. The Morgan fingerprint density at radius 3 is 2.24 bits per heavy atom. The van der Waals surface area contributed by atoms with Crippen molar-refractivity contribution in [2.24, 2.45) is 5.92 Å². The van der Waals surface area contributed by atoms with Gasteiger partial charge in [-0.3, -0.25) is 14.4 Å². The maximum Gasteiger partial charge on any atom is 0.173 e. The van der Waals surface area contributed by atoms with Gasteiger partial charge >= 0.3 is 0 Å². The summed E-state index contributed by atoms with van der Waals surface area (Å²) in [5, 5.41) is 0. The van der Waals surface area contributed by atoms with Gasteiger partial charge in [0.1, 0.15) is 5.92 Å². The van der Waals surface area contributed by atoms with Crippen molar-refractivity contribution in [3.8, 4) is 0 Å². The molecule has 0 radical (unpaired) electrons. The summed E-state index contributed by atoms with van der Waals surface area (Å²) < 4.78 is 0. The minimum atomic E-state index is -1.05. The average molecular weight is 228 g/mol. The van der Waals surface area contributed by atoms with Crippen molar-refractivity contribution in [2.75, 3.05) is 0 Å². The molecule has 86 valence electrons. The molecule has 1 aromatic carbocycles. The van der Waals surface area contributed by atoms with Crippen molar-refractivity contribution in [1.82, 2.24) is 0 Å². The highest BCUT2D eigenvalue weighted by atomic mass is 16.2. The zero-order chi connectivity index (χ0) is 12.3. The van der Waals surface area contributed by atoms with E-state index in [4.69, 9.17) is 0 Å². The lowest BCUT2D eigenvalue weighted by molar-refractivity contribution is -0.133. The summed E-state index contributed by atoms with van der Waals surface area (Å²) in [5.74, 6) is -1.95. The van der Waals surface area contributed by atoms with Gasteiger partial charge in [0, 0.05) is 12.8 Å². The molecule has 0 N–H and O–H groups in total. The largest absolute Gasteiger partial charge is 0.298 e. The van der Waals surface area contributed by atoms with Crippen molar-refractivity contribution in [3.05, 3.63) is 42.0 Å². The second kappa shape index (κ2) is 4.87. The Kier molecular flexibility index (Phi) is 3.28. The molecule has 0 heterocycles. The summed E-state index contributed by atoms with van der Waals surface area (Å²) in [6.45, 7) is 0. The van der Waals surface area contributed by atoms with E-state index in [9.17, 15) is 14.4 Å². The molecule has 0 saturated heterocycles. The minimum Gasteiger partial charge on any atom is -0.298 e. The first-order valence-electron chi connectivity index (χ1n) is 5.51. The van der Waals surface area contributed by atoms with E-state index in [1.54, 1.807) is 6.08 Å². The van der Waals surface area contributed by atoms with E-state index >= 15 is 0 Å². The number of benzene rings is 1. The second-order valence-electron chi connectivity index (χ2n) is 4.01. The summed E-state index contributed by atoms with van der Waals surface area (Å²) in [6, 6.07) is 9.29. The zero-order valence-electron chi connectivity index (χ0n) is 9.26. The van der Waals surface area contributed by atoms with E-state index in [1.807, 2.05) is 30.3 Å². The van der Waals surface area contributed by atoms with Gasteiger partial charge < -0.3 is 0 Å². The fourth-order valence-corrected chi connectivity index (χ4v) is 1.87. The lowest BCUT2D eigenvalue weighted by atomic mass is 10.00. The zero-order valence-corrected chi connectivity index (χ0v) is 9.26. The van der Waals surface area contributed by atoms with E-state index in [0.717, 1.165) is 5.56 Å². The van der Waals surface area contributed by atoms with Crippen molar-refractivity contribution in [2.45, 2.75) is 12.8 Å². The summed E-state index contributed by atoms with van der Waals surface area (Å²) in [7, 11) is 0. The molecule has 0 spiro atoms. The third kappa shape index (κ3) is 2.56. The molecule has 0 aliphatic heterocycles. The fourth-order valence-electron chi connectivity index (χ4n) is 1.87. The van der Waals surface area contributed by atoms with Crippen LogP contribution in [0.2, 0.25) is 0 Å². The van der Waals surface area contributed by atoms with Crippen LogP contribution in [-0.2, 0) is 14.4 Å². The maximum absolute atomic E-state index is 11.7. The number of carbonyl (C=O) groups is 3. The highest BCUT2D eigenvalue weighted by Crippen LogP contribution is 2.19. The van der Waals surface area contributed by atoms with Gasteiger partial charge in [-0.15, -0.1) is 0 Å². The molecule has 1 aromatic rings. The number of Topliss-reactive ketones (excluding diaryl/α,β-unsaturated/α-hetero) is 2. The number of allylic oxidation sites excluding steroid dienone is 1. The predicted molar refractivity (Wildman–Crippen MR) is 63.2 cm³/mol. The van der Waals surface area contributed by atoms with Crippen LogP contribution in [0, 0.1) is 5.92 Å².